The Hall–Kier alpha value is -0.190. The maximum absolute atomic E-state index is 11.0. The topological polar surface area (TPSA) is 46.3 Å². The van der Waals surface area contributed by atoms with Crippen molar-refractivity contribution in [2.45, 2.75) is 16.1 Å². The predicted octanol–water partition coefficient (Wildman–Crippen LogP) is 0.307. The highest BCUT2D eigenvalue weighted by atomic mass is 35.5. The SMILES string of the molecule is NC1C(=O)N2C=CC(Cl)S[C@H]12. The van der Waals surface area contributed by atoms with Crippen LogP contribution in [-0.4, -0.2) is 26.9 Å². The summed E-state index contributed by atoms with van der Waals surface area (Å²) in [6, 6.07) is -0.355. The molecule has 0 bridgehead atoms. The second-order valence-corrected chi connectivity index (χ2v) is 4.48. The molecule has 3 atom stereocenters. The molecule has 5 heteroatoms. The first kappa shape index (κ1) is 7.46. The van der Waals surface area contributed by atoms with Crippen LogP contribution in [0.3, 0.4) is 0 Å². The maximum Gasteiger partial charge on any atom is 0.247 e. The number of nitrogens with zero attached hydrogens (tertiary/aromatic N) is 1. The Balaban J connectivity index is 2.17. The van der Waals surface area contributed by atoms with Gasteiger partial charge in [0.2, 0.25) is 5.91 Å². The number of hydrogen-bond acceptors (Lipinski definition) is 3. The van der Waals surface area contributed by atoms with Gasteiger partial charge in [0.25, 0.3) is 0 Å². The predicted molar refractivity (Wildman–Crippen MR) is 45.0 cm³/mol. The highest BCUT2D eigenvalue weighted by Crippen LogP contribution is 2.37. The number of amides is 1. The zero-order valence-electron chi connectivity index (χ0n) is 5.61. The molecule has 1 fully saturated rings. The van der Waals surface area contributed by atoms with Gasteiger partial charge in [-0.2, -0.15) is 0 Å². The molecule has 0 aromatic rings. The number of halogens is 1. The van der Waals surface area contributed by atoms with Gasteiger partial charge in [-0.25, -0.2) is 0 Å². The van der Waals surface area contributed by atoms with Gasteiger partial charge in [-0.15, -0.1) is 23.4 Å². The van der Waals surface area contributed by atoms with Crippen LogP contribution < -0.4 is 5.73 Å². The highest BCUT2D eigenvalue weighted by Gasteiger charge is 2.46. The molecule has 2 rings (SSSR count). The molecule has 2 heterocycles. The van der Waals surface area contributed by atoms with Crippen LogP contribution in [0.25, 0.3) is 0 Å². The van der Waals surface area contributed by atoms with Gasteiger partial charge in [-0.1, -0.05) is 0 Å². The van der Waals surface area contributed by atoms with Gasteiger partial charge in [0.05, 0.1) is 0 Å². The van der Waals surface area contributed by atoms with E-state index in [9.17, 15) is 4.79 Å². The molecule has 2 aliphatic rings. The minimum Gasteiger partial charge on any atom is -0.317 e. The van der Waals surface area contributed by atoms with Crippen LogP contribution in [0.1, 0.15) is 0 Å². The summed E-state index contributed by atoms with van der Waals surface area (Å²) in [5.74, 6) is -0.0117. The summed E-state index contributed by atoms with van der Waals surface area (Å²) >= 11 is 7.31. The van der Waals surface area contributed by atoms with Gasteiger partial charge in [-0.05, 0) is 6.08 Å². The second kappa shape index (κ2) is 2.40. The molecule has 0 aromatic heterocycles. The normalized spacial score (nSPS) is 41.8. The summed E-state index contributed by atoms with van der Waals surface area (Å²) in [7, 11) is 0. The molecule has 2 aliphatic heterocycles. The lowest BCUT2D eigenvalue weighted by atomic mass is 10.1. The Labute approximate surface area is 73.6 Å². The third-order valence-electron chi connectivity index (χ3n) is 1.79. The molecule has 0 aliphatic carbocycles. The second-order valence-electron chi connectivity index (χ2n) is 2.49. The lowest BCUT2D eigenvalue weighted by molar-refractivity contribution is -0.140. The van der Waals surface area contributed by atoms with Crippen LogP contribution in [0.4, 0.5) is 0 Å². The van der Waals surface area contributed by atoms with Gasteiger partial charge in [-0.3, -0.25) is 4.79 Å². The van der Waals surface area contributed by atoms with E-state index in [1.165, 1.54) is 11.8 Å². The Morgan fingerprint density at radius 2 is 2.45 bits per heavy atom. The standard InChI is InChI=1S/C6H7ClN2OS/c7-3-1-2-9-5(10)4(8)6(9)11-3/h1-4,6H,8H2/t3?,4?,6-/m1/s1. The van der Waals surface area contributed by atoms with E-state index in [-0.39, 0.29) is 22.0 Å². The number of alkyl halides is 1. The summed E-state index contributed by atoms with van der Waals surface area (Å²) in [6.07, 6.45) is 3.50. The smallest absolute Gasteiger partial charge is 0.247 e. The van der Waals surface area contributed by atoms with E-state index in [0.717, 1.165) is 0 Å². The number of β-lactam (4-membered cyclic amide) rings is 1. The Kier molecular flexibility index (Phi) is 1.63. The molecule has 0 saturated carbocycles. The zero-order valence-corrected chi connectivity index (χ0v) is 7.18. The van der Waals surface area contributed by atoms with Crippen LogP contribution in [0.2, 0.25) is 0 Å². The monoisotopic (exact) mass is 190 g/mol. The molecule has 60 valence electrons. The minimum atomic E-state index is -0.355. The average molecular weight is 191 g/mol. The summed E-state index contributed by atoms with van der Waals surface area (Å²) in [6.45, 7) is 0. The fraction of sp³-hybridized carbons (Fsp3) is 0.500. The van der Waals surface area contributed by atoms with E-state index in [0.29, 0.717) is 0 Å². The van der Waals surface area contributed by atoms with Crippen LogP contribution in [0.15, 0.2) is 12.3 Å². The summed E-state index contributed by atoms with van der Waals surface area (Å²) in [5.41, 5.74) is 5.53. The van der Waals surface area contributed by atoms with Crippen LogP contribution >= 0.6 is 23.4 Å². The van der Waals surface area contributed by atoms with E-state index in [4.69, 9.17) is 17.3 Å². The Bertz CT molecular complexity index is 233. The number of carbonyl (C=O) groups excluding carboxylic acids is 1. The third-order valence-corrected chi connectivity index (χ3v) is 3.46. The molecule has 2 unspecified atom stereocenters. The first-order chi connectivity index (χ1) is 5.20. The molecule has 1 saturated heterocycles. The van der Waals surface area contributed by atoms with Crippen LogP contribution in [0, 0.1) is 0 Å². The van der Waals surface area contributed by atoms with E-state index in [2.05, 4.69) is 0 Å². The summed E-state index contributed by atoms with van der Waals surface area (Å²) < 4.78 is -0.0459. The van der Waals surface area contributed by atoms with Crippen molar-refractivity contribution in [2.75, 3.05) is 0 Å². The number of thioether (sulfide) groups is 1. The molecular formula is C6H7ClN2OS. The third kappa shape index (κ3) is 0.972. The first-order valence-electron chi connectivity index (χ1n) is 3.26. The van der Waals surface area contributed by atoms with Gasteiger partial charge in [0.15, 0.2) is 0 Å². The van der Waals surface area contributed by atoms with E-state index < -0.39 is 0 Å². The van der Waals surface area contributed by atoms with E-state index in [1.807, 2.05) is 0 Å². The van der Waals surface area contributed by atoms with Crippen LogP contribution in [0.5, 0.6) is 0 Å². The van der Waals surface area contributed by atoms with E-state index in [1.54, 1.807) is 17.2 Å². The fourth-order valence-electron chi connectivity index (χ4n) is 1.16. The van der Waals surface area contributed by atoms with Crippen molar-refractivity contribution in [1.29, 1.82) is 0 Å². The van der Waals surface area contributed by atoms with Crippen molar-refractivity contribution < 1.29 is 4.79 Å². The number of fused-ring (bicyclic) bond motifs is 1. The minimum absolute atomic E-state index is 0.0117. The summed E-state index contributed by atoms with van der Waals surface area (Å²) in [5, 5.41) is 0.0648. The molecule has 0 aromatic carbocycles. The van der Waals surface area contributed by atoms with Gasteiger partial charge in [0, 0.05) is 6.20 Å². The zero-order chi connectivity index (χ0) is 8.01. The van der Waals surface area contributed by atoms with Crippen molar-refractivity contribution >= 4 is 29.3 Å². The molecule has 3 nitrogen and oxygen atoms in total. The molecule has 2 N–H and O–H groups in total. The highest BCUT2D eigenvalue weighted by molar-refractivity contribution is 8.02. The molecular weight excluding hydrogens is 184 g/mol. The summed E-state index contributed by atoms with van der Waals surface area (Å²) in [4.78, 5) is 12.6. The van der Waals surface area contributed by atoms with Crippen molar-refractivity contribution in [2.24, 2.45) is 5.73 Å². The molecule has 11 heavy (non-hydrogen) atoms. The van der Waals surface area contributed by atoms with Gasteiger partial charge >= 0.3 is 0 Å². The van der Waals surface area contributed by atoms with Crippen molar-refractivity contribution in [3.63, 3.8) is 0 Å². The van der Waals surface area contributed by atoms with Gasteiger partial charge < -0.3 is 10.6 Å². The number of hydrogen-bond donors (Lipinski definition) is 1. The lowest BCUT2D eigenvalue weighted by Gasteiger charge is -2.45. The van der Waals surface area contributed by atoms with Crippen molar-refractivity contribution in [1.82, 2.24) is 4.90 Å². The van der Waals surface area contributed by atoms with Crippen LogP contribution in [-0.2, 0) is 4.79 Å². The maximum atomic E-state index is 11.0. The quantitative estimate of drug-likeness (QED) is 0.442. The number of nitrogens with two attached hydrogens (primary N) is 1. The lowest BCUT2D eigenvalue weighted by Crippen LogP contribution is -2.66. The number of rotatable bonds is 0. The molecule has 1 amide bonds. The average Bonchev–Trinajstić information content (AvgIpc) is 2.03. The fourth-order valence-corrected chi connectivity index (χ4v) is 2.56. The largest absolute Gasteiger partial charge is 0.317 e. The van der Waals surface area contributed by atoms with Crippen molar-refractivity contribution in [3.05, 3.63) is 12.3 Å². The Morgan fingerprint density at radius 1 is 1.73 bits per heavy atom. The van der Waals surface area contributed by atoms with Crippen molar-refractivity contribution in [3.8, 4) is 0 Å². The molecule has 0 spiro atoms. The molecule has 0 radical (unpaired) electrons. The van der Waals surface area contributed by atoms with E-state index >= 15 is 0 Å². The number of carbonyl (C=O) groups is 1. The van der Waals surface area contributed by atoms with Gasteiger partial charge in [0.1, 0.15) is 16.1 Å². The Morgan fingerprint density at radius 3 is 3.18 bits per heavy atom. The first-order valence-corrected chi connectivity index (χ1v) is 4.64.